The Kier molecular flexibility index (Phi) is 6.50. The summed E-state index contributed by atoms with van der Waals surface area (Å²) in [5, 5.41) is 3.12. The van der Waals surface area contributed by atoms with E-state index in [0.29, 0.717) is 5.75 Å². The van der Waals surface area contributed by atoms with Crippen molar-refractivity contribution in [3.63, 3.8) is 0 Å². The molecule has 0 unspecified atom stereocenters. The van der Waals surface area contributed by atoms with E-state index in [-0.39, 0.29) is 11.9 Å². The number of thioether (sulfide) groups is 1. The van der Waals surface area contributed by atoms with Gasteiger partial charge in [0.05, 0.1) is 11.8 Å². The van der Waals surface area contributed by atoms with Crippen LogP contribution in [0.5, 0.6) is 0 Å². The molecular formula is C21H27NOS. The summed E-state index contributed by atoms with van der Waals surface area (Å²) in [4.78, 5) is 12.2. The van der Waals surface area contributed by atoms with Crippen LogP contribution in [0.2, 0.25) is 0 Å². The molecule has 1 atom stereocenters. The molecule has 0 heterocycles. The second-order valence-electron chi connectivity index (χ2n) is 6.56. The molecular weight excluding hydrogens is 314 g/mol. The van der Waals surface area contributed by atoms with Crippen LogP contribution in [0.15, 0.2) is 36.4 Å². The van der Waals surface area contributed by atoms with E-state index in [1.165, 1.54) is 33.4 Å². The molecule has 0 aliphatic rings. The lowest BCUT2D eigenvalue weighted by Gasteiger charge is -2.18. The molecule has 24 heavy (non-hydrogen) atoms. The zero-order chi connectivity index (χ0) is 17.7. The maximum atomic E-state index is 12.2. The molecule has 0 saturated carbocycles. The number of carbonyl (C=O) groups excluding carboxylic acids is 1. The highest BCUT2D eigenvalue weighted by molar-refractivity contribution is 7.99. The third kappa shape index (κ3) is 5.13. The van der Waals surface area contributed by atoms with E-state index in [1.807, 2.05) is 0 Å². The Morgan fingerprint density at radius 3 is 2.29 bits per heavy atom. The Hall–Kier alpha value is -1.74. The van der Waals surface area contributed by atoms with Gasteiger partial charge in [0, 0.05) is 5.75 Å². The topological polar surface area (TPSA) is 29.1 Å². The summed E-state index contributed by atoms with van der Waals surface area (Å²) in [5.41, 5.74) is 7.53. The Bertz CT molecular complexity index is 707. The summed E-state index contributed by atoms with van der Waals surface area (Å²) in [5.74, 6) is 1.45. The Labute approximate surface area is 150 Å². The van der Waals surface area contributed by atoms with Gasteiger partial charge in [0.1, 0.15) is 0 Å². The Morgan fingerprint density at radius 2 is 1.62 bits per heavy atom. The molecule has 128 valence electrons. The largest absolute Gasteiger partial charge is 0.349 e. The predicted molar refractivity (Wildman–Crippen MR) is 105 cm³/mol. The fourth-order valence-electron chi connectivity index (χ4n) is 2.76. The maximum absolute atomic E-state index is 12.2. The van der Waals surface area contributed by atoms with Crippen LogP contribution in [0.4, 0.5) is 0 Å². The normalized spacial score (nSPS) is 12.0. The molecule has 2 aromatic carbocycles. The number of nitrogens with one attached hydrogen (secondary N) is 1. The first-order valence-corrected chi connectivity index (χ1v) is 9.52. The zero-order valence-corrected chi connectivity index (χ0v) is 16.1. The SMILES string of the molecule is Cc1ccc(CSCC(=O)N[C@@H](C)c2cc(C)c(C)cc2C)cc1. The van der Waals surface area contributed by atoms with Crippen molar-refractivity contribution in [2.75, 3.05) is 5.75 Å². The summed E-state index contributed by atoms with van der Waals surface area (Å²) >= 11 is 1.66. The van der Waals surface area contributed by atoms with Crippen molar-refractivity contribution in [3.8, 4) is 0 Å². The highest BCUT2D eigenvalue weighted by atomic mass is 32.2. The quantitative estimate of drug-likeness (QED) is 0.798. The molecule has 0 aliphatic heterocycles. The van der Waals surface area contributed by atoms with Crippen LogP contribution in [-0.4, -0.2) is 11.7 Å². The van der Waals surface area contributed by atoms with Gasteiger partial charge in [-0.15, -0.1) is 11.8 Å². The standard InChI is InChI=1S/C21H27NOS/c1-14-6-8-19(9-7-14)12-24-13-21(23)22-18(5)20-11-16(3)15(2)10-17(20)4/h6-11,18H,12-13H2,1-5H3,(H,22,23)/t18-/m0/s1. The van der Waals surface area contributed by atoms with Gasteiger partial charge in [0.25, 0.3) is 0 Å². The molecule has 2 aromatic rings. The van der Waals surface area contributed by atoms with E-state index in [2.05, 4.69) is 76.3 Å². The minimum Gasteiger partial charge on any atom is -0.349 e. The minimum atomic E-state index is 0.0387. The number of hydrogen-bond donors (Lipinski definition) is 1. The lowest BCUT2D eigenvalue weighted by Crippen LogP contribution is -2.28. The van der Waals surface area contributed by atoms with E-state index in [1.54, 1.807) is 11.8 Å². The lowest BCUT2D eigenvalue weighted by molar-refractivity contribution is -0.119. The van der Waals surface area contributed by atoms with Gasteiger partial charge in [-0.3, -0.25) is 4.79 Å². The van der Waals surface area contributed by atoms with E-state index >= 15 is 0 Å². The number of carbonyl (C=O) groups is 1. The monoisotopic (exact) mass is 341 g/mol. The van der Waals surface area contributed by atoms with E-state index in [0.717, 1.165) is 5.75 Å². The first kappa shape index (κ1) is 18.6. The van der Waals surface area contributed by atoms with Crippen molar-refractivity contribution in [1.82, 2.24) is 5.32 Å². The van der Waals surface area contributed by atoms with Crippen molar-refractivity contribution in [3.05, 3.63) is 69.8 Å². The van der Waals surface area contributed by atoms with Crippen molar-refractivity contribution in [2.24, 2.45) is 0 Å². The number of hydrogen-bond acceptors (Lipinski definition) is 2. The molecule has 0 aliphatic carbocycles. The molecule has 0 bridgehead atoms. The fourth-order valence-corrected chi connectivity index (χ4v) is 3.56. The molecule has 0 spiro atoms. The number of rotatable bonds is 6. The Balaban J connectivity index is 1.85. The summed E-state index contributed by atoms with van der Waals surface area (Å²) in [6.45, 7) is 10.5. The average Bonchev–Trinajstić information content (AvgIpc) is 2.52. The van der Waals surface area contributed by atoms with Gasteiger partial charge >= 0.3 is 0 Å². The van der Waals surface area contributed by atoms with Gasteiger partial charge in [-0.05, 0) is 62.4 Å². The van der Waals surface area contributed by atoms with Crippen molar-refractivity contribution < 1.29 is 4.79 Å². The van der Waals surface area contributed by atoms with Crippen molar-refractivity contribution in [1.29, 1.82) is 0 Å². The lowest BCUT2D eigenvalue weighted by atomic mass is 9.96. The molecule has 0 aromatic heterocycles. The second-order valence-corrected chi connectivity index (χ2v) is 7.55. The maximum Gasteiger partial charge on any atom is 0.230 e. The van der Waals surface area contributed by atoms with E-state index < -0.39 is 0 Å². The van der Waals surface area contributed by atoms with Crippen LogP contribution in [0, 0.1) is 27.7 Å². The number of aryl methyl sites for hydroxylation is 4. The number of benzene rings is 2. The summed E-state index contributed by atoms with van der Waals surface area (Å²) < 4.78 is 0. The van der Waals surface area contributed by atoms with Crippen LogP contribution >= 0.6 is 11.8 Å². The molecule has 3 heteroatoms. The second kappa shape index (κ2) is 8.39. The Morgan fingerprint density at radius 1 is 1.00 bits per heavy atom. The fraction of sp³-hybridized carbons (Fsp3) is 0.381. The molecule has 0 fully saturated rings. The minimum absolute atomic E-state index is 0.0387. The van der Waals surface area contributed by atoms with Crippen LogP contribution < -0.4 is 5.32 Å². The van der Waals surface area contributed by atoms with Gasteiger partial charge in [-0.2, -0.15) is 0 Å². The molecule has 1 amide bonds. The first-order valence-electron chi connectivity index (χ1n) is 8.37. The van der Waals surface area contributed by atoms with E-state index in [4.69, 9.17) is 0 Å². The first-order chi connectivity index (χ1) is 11.4. The third-order valence-electron chi connectivity index (χ3n) is 4.35. The van der Waals surface area contributed by atoms with Crippen molar-refractivity contribution >= 4 is 17.7 Å². The smallest absolute Gasteiger partial charge is 0.230 e. The zero-order valence-electron chi connectivity index (χ0n) is 15.3. The van der Waals surface area contributed by atoms with Gasteiger partial charge in [0.15, 0.2) is 0 Å². The van der Waals surface area contributed by atoms with Crippen LogP contribution in [0.1, 0.15) is 46.3 Å². The van der Waals surface area contributed by atoms with Crippen LogP contribution in [0.3, 0.4) is 0 Å². The highest BCUT2D eigenvalue weighted by Gasteiger charge is 2.13. The van der Waals surface area contributed by atoms with Gasteiger partial charge in [0.2, 0.25) is 5.91 Å². The van der Waals surface area contributed by atoms with Gasteiger partial charge < -0.3 is 5.32 Å². The highest BCUT2D eigenvalue weighted by Crippen LogP contribution is 2.22. The van der Waals surface area contributed by atoms with Crippen molar-refractivity contribution in [2.45, 2.75) is 46.4 Å². The van der Waals surface area contributed by atoms with Crippen LogP contribution in [-0.2, 0) is 10.5 Å². The third-order valence-corrected chi connectivity index (χ3v) is 5.35. The molecule has 0 saturated heterocycles. The predicted octanol–water partition coefficient (Wildman–Crippen LogP) is 5.03. The summed E-state index contributed by atoms with van der Waals surface area (Å²) in [7, 11) is 0. The average molecular weight is 342 g/mol. The van der Waals surface area contributed by atoms with Gasteiger partial charge in [-0.1, -0.05) is 42.0 Å². The molecule has 0 radical (unpaired) electrons. The molecule has 2 nitrogen and oxygen atoms in total. The summed E-state index contributed by atoms with van der Waals surface area (Å²) in [6, 6.07) is 12.9. The van der Waals surface area contributed by atoms with Crippen LogP contribution in [0.25, 0.3) is 0 Å². The van der Waals surface area contributed by atoms with E-state index in [9.17, 15) is 4.79 Å². The number of amides is 1. The molecule has 2 rings (SSSR count). The summed E-state index contributed by atoms with van der Waals surface area (Å²) in [6.07, 6.45) is 0. The van der Waals surface area contributed by atoms with Gasteiger partial charge in [-0.25, -0.2) is 0 Å². The molecule has 1 N–H and O–H groups in total.